The highest BCUT2D eigenvalue weighted by Gasteiger charge is 2.14. The molecule has 1 aromatic heterocycles. The van der Waals surface area contributed by atoms with E-state index in [0.29, 0.717) is 13.0 Å². The molecule has 25 heavy (non-hydrogen) atoms. The summed E-state index contributed by atoms with van der Waals surface area (Å²) in [6.45, 7) is 4.70. The average Bonchev–Trinajstić information content (AvgIpc) is 2.67. The van der Waals surface area contributed by atoms with E-state index in [1.165, 1.54) is 5.56 Å². The minimum absolute atomic E-state index is 0.0759. The standard InChI is InChI=1S/C20H26N4O/c1-23-11-13-24(14-12-23)19-9-7-18(15-21-19)16-22-20(25)10-8-17-5-3-2-4-6-17/h2-7,9,15H,8,10-14,16H2,1H3,(H,22,25). The number of carbonyl (C=O) groups is 1. The lowest BCUT2D eigenvalue weighted by molar-refractivity contribution is -0.121. The second-order valence-electron chi connectivity index (χ2n) is 6.58. The van der Waals surface area contributed by atoms with Gasteiger partial charge in [0.1, 0.15) is 5.82 Å². The normalized spacial score (nSPS) is 15.2. The van der Waals surface area contributed by atoms with Crippen molar-refractivity contribution in [3.63, 3.8) is 0 Å². The van der Waals surface area contributed by atoms with Crippen molar-refractivity contribution in [1.82, 2.24) is 15.2 Å². The van der Waals surface area contributed by atoms with E-state index in [1.54, 1.807) is 0 Å². The van der Waals surface area contributed by atoms with Crippen LogP contribution in [0.3, 0.4) is 0 Å². The molecule has 2 aromatic rings. The third kappa shape index (κ3) is 5.29. The Morgan fingerprint density at radius 2 is 1.80 bits per heavy atom. The van der Waals surface area contributed by atoms with Gasteiger partial charge in [0.25, 0.3) is 0 Å². The quantitative estimate of drug-likeness (QED) is 0.876. The van der Waals surface area contributed by atoms with Gasteiger partial charge in [-0.05, 0) is 30.7 Å². The van der Waals surface area contributed by atoms with Crippen molar-refractivity contribution in [2.24, 2.45) is 0 Å². The summed E-state index contributed by atoms with van der Waals surface area (Å²) in [4.78, 5) is 21.2. The number of aromatic nitrogens is 1. The van der Waals surface area contributed by atoms with E-state index in [1.807, 2.05) is 36.5 Å². The Morgan fingerprint density at radius 1 is 1.04 bits per heavy atom. The first kappa shape index (κ1) is 17.4. The zero-order valence-electron chi connectivity index (χ0n) is 14.8. The molecule has 1 amide bonds. The zero-order chi connectivity index (χ0) is 17.5. The van der Waals surface area contributed by atoms with Crippen LogP contribution in [0.5, 0.6) is 0 Å². The van der Waals surface area contributed by atoms with E-state index in [0.717, 1.165) is 44.0 Å². The van der Waals surface area contributed by atoms with Crippen molar-refractivity contribution < 1.29 is 4.79 Å². The molecule has 3 rings (SSSR count). The van der Waals surface area contributed by atoms with Crippen LogP contribution in [0.25, 0.3) is 0 Å². The number of pyridine rings is 1. The Morgan fingerprint density at radius 3 is 2.48 bits per heavy atom. The number of carbonyl (C=O) groups excluding carboxylic acids is 1. The Bertz CT molecular complexity index is 664. The lowest BCUT2D eigenvalue weighted by Gasteiger charge is -2.33. The number of anilines is 1. The number of benzene rings is 1. The van der Waals surface area contributed by atoms with E-state index in [4.69, 9.17) is 0 Å². The molecule has 0 unspecified atom stereocenters. The average molecular weight is 338 g/mol. The van der Waals surface area contributed by atoms with Crippen LogP contribution >= 0.6 is 0 Å². The summed E-state index contributed by atoms with van der Waals surface area (Å²) in [5, 5.41) is 2.97. The highest BCUT2D eigenvalue weighted by Crippen LogP contribution is 2.13. The molecule has 5 heteroatoms. The van der Waals surface area contributed by atoms with Crippen LogP contribution in [-0.2, 0) is 17.8 Å². The van der Waals surface area contributed by atoms with Gasteiger partial charge in [0, 0.05) is 45.3 Å². The molecule has 0 radical (unpaired) electrons. The maximum absolute atomic E-state index is 12.0. The highest BCUT2D eigenvalue weighted by molar-refractivity contribution is 5.76. The lowest BCUT2D eigenvalue weighted by atomic mass is 10.1. The van der Waals surface area contributed by atoms with Gasteiger partial charge in [-0.1, -0.05) is 36.4 Å². The van der Waals surface area contributed by atoms with Crippen LogP contribution in [0.4, 0.5) is 5.82 Å². The Kier molecular flexibility index (Phi) is 6.01. The summed E-state index contributed by atoms with van der Waals surface area (Å²) in [5.74, 6) is 1.10. The fourth-order valence-corrected chi connectivity index (χ4v) is 2.94. The van der Waals surface area contributed by atoms with Crippen molar-refractivity contribution >= 4 is 11.7 Å². The van der Waals surface area contributed by atoms with Gasteiger partial charge in [-0.3, -0.25) is 4.79 Å². The summed E-state index contributed by atoms with van der Waals surface area (Å²) < 4.78 is 0. The van der Waals surface area contributed by atoms with Crippen molar-refractivity contribution in [2.45, 2.75) is 19.4 Å². The smallest absolute Gasteiger partial charge is 0.220 e. The monoisotopic (exact) mass is 338 g/mol. The molecular formula is C20H26N4O. The molecule has 1 aliphatic heterocycles. The first-order chi connectivity index (χ1) is 12.2. The zero-order valence-corrected chi connectivity index (χ0v) is 14.8. The topological polar surface area (TPSA) is 48.5 Å². The molecule has 1 aliphatic rings. The summed E-state index contributed by atoms with van der Waals surface area (Å²) in [6.07, 6.45) is 3.15. The van der Waals surface area contributed by atoms with Gasteiger partial charge < -0.3 is 15.1 Å². The molecule has 0 atom stereocenters. The van der Waals surface area contributed by atoms with Crippen LogP contribution in [0.2, 0.25) is 0 Å². The van der Waals surface area contributed by atoms with Crippen molar-refractivity contribution in [1.29, 1.82) is 0 Å². The number of hydrogen-bond acceptors (Lipinski definition) is 4. The number of hydrogen-bond donors (Lipinski definition) is 1. The number of piperazine rings is 1. The molecule has 0 aliphatic carbocycles. The molecular weight excluding hydrogens is 312 g/mol. The highest BCUT2D eigenvalue weighted by atomic mass is 16.1. The SMILES string of the molecule is CN1CCN(c2ccc(CNC(=O)CCc3ccccc3)cn2)CC1. The van der Waals surface area contributed by atoms with Crippen LogP contribution < -0.4 is 10.2 Å². The molecule has 5 nitrogen and oxygen atoms in total. The van der Waals surface area contributed by atoms with E-state index in [2.05, 4.69) is 39.3 Å². The first-order valence-electron chi connectivity index (χ1n) is 8.90. The van der Waals surface area contributed by atoms with Gasteiger partial charge in [-0.2, -0.15) is 0 Å². The fourth-order valence-electron chi connectivity index (χ4n) is 2.94. The molecule has 2 heterocycles. The molecule has 1 N–H and O–H groups in total. The van der Waals surface area contributed by atoms with Gasteiger partial charge >= 0.3 is 0 Å². The van der Waals surface area contributed by atoms with Crippen LogP contribution in [0.1, 0.15) is 17.5 Å². The van der Waals surface area contributed by atoms with E-state index >= 15 is 0 Å². The largest absolute Gasteiger partial charge is 0.354 e. The molecule has 0 saturated carbocycles. The van der Waals surface area contributed by atoms with Crippen molar-refractivity contribution in [2.75, 3.05) is 38.1 Å². The van der Waals surface area contributed by atoms with E-state index in [-0.39, 0.29) is 5.91 Å². The van der Waals surface area contributed by atoms with Crippen LogP contribution in [-0.4, -0.2) is 49.0 Å². The number of aryl methyl sites for hydroxylation is 1. The van der Waals surface area contributed by atoms with Gasteiger partial charge in [-0.15, -0.1) is 0 Å². The molecule has 0 bridgehead atoms. The Labute approximate surface area is 149 Å². The predicted octanol–water partition coefficient (Wildman–Crippen LogP) is 2.08. The Balaban J connectivity index is 1.43. The summed E-state index contributed by atoms with van der Waals surface area (Å²) in [5.41, 5.74) is 2.22. The summed E-state index contributed by atoms with van der Waals surface area (Å²) in [6, 6.07) is 14.2. The number of nitrogens with one attached hydrogen (secondary N) is 1. The molecule has 0 spiro atoms. The second kappa shape index (κ2) is 8.62. The van der Waals surface area contributed by atoms with Crippen LogP contribution in [0.15, 0.2) is 48.7 Å². The molecule has 1 aromatic carbocycles. The van der Waals surface area contributed by atoms with Gasteiger partial charge in [0.2, 0.25) is 5.91 Å². The van der Waals surface area contributed by atoms with Crippen molar-refractivity contribution in [3.05, 3.63) is 59.8 Å². The number of amides is 1. The van der Waals surface area contributed by atoms with Crippen LogP contribution in [0, 0.1) is 0 Å². The molecule has 1 fully saturated rings. The molecule has 1 saturated heterocycles. The van der Waals surface area contributed by atoms with E-state index in [9.17, 15) is 4.79 Å². The summed E-state index contributed by atoms with van der Waals surface area (Å²) >= 11 is 0. The van der Waals surface area contributed by atoms with Crippen molar-refractivity contribution in [3.8, 4) is 0 Å². The minimum atomic E-state index is 0.0759. The van der Waals surface area contributed by atoms with Gasteiger partial charge in [-0.25, -0.2) is 4.98 Å². The molecule has 132 valence electrons. The summed E-state index contributed by atoms with van der Waals surface area (Å²) in [7, 11) is 2.15. The van der Waals surface area contributed by atoms with E-state index < -0.39 is 0 Å². The first-order valence-corrected chi connectivity index (χ1v) is 8.90. The lowest BCUT2D eigenvalue weighted by Crippen LogP contribution is -2.44. The number of nitrogens with zero attached hydrogens (tertiary/aromatic N) is 3. The third-order valence-corrected chi connectivity index (χ3v) is 4.61. The minimum Gasteiger partial charge on any atom is -0.354 e. The third-order valence-electron chi connectivity index (χ3n) is 4.61. The number of rotatable bonds is 6. The maximum Gasteiger partial charge on any atom is 0.220 e. The maximum atomic E-state index is 12.0. The predicted molar refractivity (Wildman–Crippen MR) is 101 cm³/mol. The van der Waals surface area contributed by atoms with Gasteiger partial charge in [0.15, 0.2) is 0 Å². The van der Waals surface area contributed by atoms with Gasteiger partial charge in [0.05, 0.1) is 0 Å². The Hall–Kier alpha value is -2.40. The number of likely N-dealkylation sites (N-methyl/N-ethyl adjacent to an activating group) is 1. The second-order valence-corrected chi connectivity index (χ2v) is 6.58. The fraction of sp³-hybridized carbons (Fsp3) is 0.400.